The monoisotopic (exact) mass is 368 g/mol. The van der Waals surface area contributed by atoms with E-state index in [1.165, 1.54) is 4.90 Å². The summed E-state index contributed by atoms with van der Waals surface area (Å²) in [5.41, 5.74) is 3.61. The number of benzene rings is 2. The number of ether oxygens (including phenoxy) is 1. The van der Waals surface area contributed by atoms with Crippen LogP contribution in [0.25, 0.3) is 0 Å². The van der Waals surface area contributed by atoms with Crippen molar-refractivity contribution in [2.75, 3.05) is 11.9 Å². The van der Waals surface area contributed by atoms with E-state index in [4.69, 9.17) is 4.74 Å². The number of hydrogen-bond donors (Lipinski definition) is 2. The zero-order valence-corrected chi connectivity index (χ0v) is 15.5. The Morgan fingerprint density at radius 3 is 2.63 bits per heavy atom. The van der Waals surface area contributed by atoms with Crippen molar-refractivity contribution >= 4 is 17.7 Å². The van der Waals surface area contributed by atoms with Crippen LogP contribution in [-0.4, -0.2) is 40.7 Å². The number of anilines is 1. The highest BCUT2D eigenvalue weighted by Gasteiger charge is 2.40. The summed E-state index contributed by atoms with van der Waals surface area (Å²) in [5, 5.41) is 12.8. The molecule has 0 aromatic heterocycles. The number of likely N-dealkylation sites (tertiary alicyclic amines) is 1. The number of carbonyl (C=O) groups excluding carboxylic acids is 2. The van der Waals surface area contributed by atoms with Crippen LogP contribution in [0.3, 0.4) is 0 Å². The summed E-state index contributed by atoms with van der Waals surface area (Å²) in [7, 11) is 0. The van der Waals surface area contributed by atoms with E-state index >= 15 is 0 Å². The average molecular weight is 368 g/mol. The van der Waals surface area contributed by atoms with E-state index in [0.717, 1.165) is 16.7 Å². The van der Waals surface area contributed by atoms with Crippen molar-refractivity contribution in [3.05, 3.63) is 65.2 Å². The molecule has 1 aliphatic rings. The summed E-state index contributed by atoms with van der Waals surface area (Å²) in [6, 6.07) is 14.3. The highest BCUT2D eigenvalue weighted by atomic mass is 16.6. The molecule has 2 N–H and O–H groups in total. The third kappa shape index (κ3) is 4.65. The number of aryl methyl sites for hydroxylation is 2. The molecule has 0 bridgehead atoms. The van der Waals surface area contributed by atoms with Gasteiger partial charge in [0.1, 0.15) is 12.6 Å². The van der Waals surface area contributed by atoms with Gasteiger partial charge in [-0.05, 0) is 31.0 Å². The van der Waals surface area contributed by atoms with Gasteiger partial charge in [0, 0.05) is 12.1 Å². The van der Waals surface area contributed by atoms with E-state index in [-0.39, 0.29) is 25.5 Å². The Bertz CT molecular complexity index is 822. The van der Waals surface area contributed by atoms with Crippen molar-refractivity contribution in [2.24, 2.45) is 0 Å². The van der Waals surface area contributed by atoms with E-state index < -0.39 is 18.2 Å². The lowest BCUT2D eigenvalue weighted by Gasteiger charge is -2.23. The highest BCUT2D eigenvalue weighted by molar-refractivity contribution is 5.97. The number of carbonyl (C=O) groups is 2. The Morgan fingerprint density at radius 2 is 1.93 bits per heavy atom. The summed E-state index contributed by atoms with van der Waals surface area (Å²) in [6.45, 7) is 4.10. The number of hydrogen-bond acceptors (Lipinski definition) is 4. The fourth-order valence-electron chi connectivity index (χ4n) is 3.24. The van der Waals surface area contributed by atoms with Crippen molar-refractivity contribution in [1.29, 1.82) is 0 Å². The number of nitrogens with one attached hydrogen (secondary N) is 1. The van der Waals surface area contributed by atoms with Crippen LogP contribution in [0.1, 0.15) is 23.1 Å². The Labute approximate surface area is 158 Å². The van der Waals surface area contributed by atoms with Crippen LogP contribution in [-0.2, 0) is 16.1 Å². The molecule has 2 amide bonds. The van der Waals surface area contributed by atoms with Gasteiger partial charge in [-0.25, -0.2) is 4.79 Å². The quantitative estimate of drug-likeness (QED) is 0.870. The maximum absolute atomic E-state index is 12.7. The molecule has 1 heterocycles. The lowest BCUT2D eigenvalue weighted by molar-refractivity contribution is -0.120. The maximum Gasteiger partial charge on any atom is 0.410 e. The molecule has 27 heavy (non-hydrogen) atoms. The van der Waals surface area contributed by atoms with Crippen LogP contribution in [0.5, 0.6) is 0 Å². The maximum atomic E-state index is 12.7. The Hall–Kier alpha value is -2.86. The van der Waals surface area contributed by atoms with Gasteiger partial charge in [0.05, 0.1) is 12.6 Å². The Kier molecular flexibility index (Phi) is 5.76. The van der Waals surface area contributed by atoms with Crippen LogP contribution in [0, 0.1) is 13.8 Å². The predicted molar refractivity (Wildman–Crippen MR) is 102 cm³/mol. The molecule has 6 heteroatoms. The fourth-order valence-corrected chi connectivity index (χ4v) is 3.24. The normalized spacial score (nSPS) is 19.0. The summed E-state index contributed by atoms with van der Waals surface area (Å²) >= 11 is 0. The summed E-state index contributed by atoms with van der Waals surface area (Å²) in [5.74, 6) is -0.324. The number of nitrogens with zero attached hydrogens (tertiary/aromatic N) is 1. The van der Waals surface area contributed by atoms with Crippen LogP contribution < -0.4 is 5.32 Å². The zero-order valence-electron chi connectivity index (χ0n) is 15.5. The van der Waals surface area contributed by atoms with E-state index in [9.17, 15) is 14.7 Å². The smallest absolute Gasteiger partial charge is 0.410 e. The first-order valence-electron chi connectivity index (χ1n) is 8.97. The summed E-state index contributed by atoms with van der Waals surface area (Å²) < 4.78 is 5.33. The van der Waals surface area contributed by atoms with E-state index in [2.05, 4.69) is 5.32 Å². The molecular weight excluding hydrogens is 344 g/mol. The van der Waals surface area contributed by atoms with Gasteiger partial charge in [0.15, 0.2) is 0 Å². The second kappa shape index (κ2) is 8.22. The third-order valence-electron chi connectivity index (χ3n) is 4.66. The SMILES string of the molecule is Cc1ccc(NC(=O)[C@H]2C[C@H](O)CN2C(=O)OCc2ccccc2)c(C)c1. The van der Waals surface area contributed by atoms with E-state index in [1.807, 2.05) is 62.4 Å². The highest BCUT2D eigenvalue weighted by Crippen LogP contribution is 2.23. The number of aliphatic hydroxyl groups excluding tert-OH is 1. The Morgan fingerprint density at radius 1 is 1.19 bits per heavy atom. The van der Waals surface area contributed by atoms with Crippen molar-refractivity contribution in [3.63, 3.8) is 0 Å². The summed E-state index contributed by atoms with van der Waals surface area (Å²) in [6.07, 6.45) is -1.16. The lowest BCUT2D eigenvalue weighted by Crippen LogP contribution is -2.43. The van der Waals surface area contributed by atoms with Gasteiger partial charge < -0.3 is 15.2 Å². The second-order valence-electron chi connectivity index (χ2n) is 6.91. The average Bonchev–Trinajstić information content (AvgIpc) is 3.05. The van der Waals surface area contributed by atoms with Gasteiger partial charge >= 0.3 is 6.09 Å². The van der Waals surface area contributed by atoms with Crippen molar-refractivity contribution in [3.8, 4) is 0 Å². The molecule has 2 aromatic carbocycles. The van der Waals surface area contributed by atoms with E-state index in [1.54, 1.807) is 0 Å². The van der Waals surface area contributed by atoms with Crippen LogP contribution >= 0.6 is 0 Å². The molecule has 0 radical (unpaired) electrons. The number of amides is 2. The van der Waals surface area contributed by atoms with Gasteiger partial charge in [-0.1, -0.05) is 48.0 Å². The largest absolute Gasteiger partial charge is 0.445 e. The fraction of sp³-hybridized carbons (Fsp3) is 0.333. The molecule has 0 spiro atoms. The second-order valence-corrected chi connectivity index (χ2v) is 6.91. The first-order valence-corrected chi connectivity index (χ1v) is 8.97. The first-order chi connectivity index (χ1) is 12.9. The van der Waals surface area contributed by atoms with Crippen molar-refractivity contribution in [2.45, 2.75) is 39.0 Å². The van der Waals surface area contributed by atoms with Gasteiger partial charge in [0.2, 0.25) is 5.91 Å². The van der Waals surface area contributed by atoms with Gasteiger partial charge in [-0.2, -0.15) is 0 Å². The molecule has 1 saturated heterocycles. The minimum Gasteiger partial charge on any atom is -0.445 e. The first kappa shape index (κ1) is 18.9. The van der Waals surface area contributed by atoms with Crippen molar-refractivity contribution in [1.82, 2.24) is 4.90 Å². The molecule has 6 nitrogen and oxygen atoms in total. The molecule has 2 aromatic rings. The minimum atomic E-state index is -0.760. The van der Waals surface area contributed by atoms with Crippen molar-refractivity contribution < 1.29 is 19.4 Å². The van der Waals surface area contributed by atoms with Gasteiger partial charge in [-0.15, -0.1) is 0 Å². The lowest BCUT2D eigenvalue weighted by atomic mass is 10.1. The van der Waals surface area contributed by atoms with Gasteiger partial charge in [-0.3, -0.25) is 9.69 Å². The molecule has 0 aliphatic carbocycles. The zero-order chi connectivity index (χ0) is 19.4. The minimum absolute atomic E-state index is 0.0819. The van der Waals surface area contributed by atoms with Crippen LogP contribution in [0.4, 0.5) is 10.5 Å². The van der Waals surface area contributed by atoms with E-state index in [0.29, 0.717) is 5.69 Å². The predicted octanol–water partition coefficient (Wildman–Crippen LogP) is 3.01. The van der Waals surface area contributed by atoms with Crippen LogP contribution in [0.2, 0.25) is 0 Å². The molecule has 0 unspecified atom stereocenters. The number of aliphatic hydroxyl groups is 1. The molecule has 2 atom stereocenters. The molecule has 142 valence electrons. The van der Waals surface area contributed by atoms with Gasteiger partial charge in [0.25, 0.3) is 0 Å². The standard InChI is InChI=1S/C21H24N2O4/c1-14-8-9-18(15(2)10-14)22-20(25)19-11-17(24)12-23(19)21(26)27-13-16-6-4-3-5-7-16/h3-10,17,19,24H,11-13H2,1-2H3,(H,22,25)/t17-,19+/m0/s1. The molecule has 0 saturated carbocycles. The Balaban J connectivity index is 1.65. The molecule has 3 rings (SSSR count). The number of β-amino-alcohol motifs (C(OH)–C–C–N with tert-alkyl or cyclic N) is 1. The number of rotatable bonds is 4. The van der Waals surface area contributed by atoms with Crippen LogP contribution in [0.15, 0.2) is 48.5 Å². The topological polar surface area (TPSA) is 78.9 Å². The molecule has 1 aliphatic heterocycles. The molecular formula is C21H24N2O4. The molecule has 1 fully saturated rings. The third-order valence-corrected chi connectivity index (χ3v) is 4.66. The summed E-state index contributed by atoms with van der Waals surface area (Å²) in [4.78, 5) is 26.5.